The summed E-state index contributed by atoms with van der Waals surface area (Å²) in [5, 5.41) is 0. The lowest BCUT2D eigenvalue weighted by atomic mass is 9.95. The molecule has 0 saturated heterocycles. The van der Waals surface area contributed by atoms with Crippen LogP contribution in [-0.4, -0.2) is 19.8 Å². The Hall–Kier alpha value is -1.29. The van der Waals surface area contributed by atoms with Crippen LogP contribution in [0.25, 0.3) is 0 Å². The van der Waals surface area contributed by atoms with Gasteiger partial charge in [-0.2, -0.15) is 0 Å². The zero-order chi connectivity index (χ0) is 13.5. The van der Waals surface area contributed by atoms with Crippen LogP contribution in [0.1, 0.15) is 29.5 Å². The lowest BCUT2D eigenvalue weighted by Crippen LogP contribution is -2.25. The van der Waals surface area contributed by atoms with Gasteiger partial charge in [0.2, 0.25) is 0 Å². The van der Waals surface area contributed by atoms with Crippen LogP contribution in [0, 0.1) is 19.7 Å². The molecular formula is C14H20FNO2. The number of ether oxygens (including phenoxy) is 2. The van der Waals surface area contributed by atoms with Crippen LogP contribution in [0.15, 0.2) is 0 Å². The van der Waals surface area contributed by atoms with Crippen LogP contribution in [0.5, 0.6) is 11.5 Å². The first-order chi connectivity index (χ1) is 8.43. The van der Waals surface area contributed by atoms with Crippen molar-refractivity contribution in [2.75, 3.05) is 14.2 Å². The standard InChI is InChI=1S/C14H20FNO2/c1-8-10(7-14(16)5-6-14)12(17-3)9(2)11(15)13(8)18-4/h5-7,16H2,1-4H3. The fourth-order valence-corrected chi connectivity index (χ4v) is 2.39. The minimum absolute atomic E-state index is 0.146. The number of hydrogen-bond donors (Lipinski definition) is 1. The van der Waals surface area contributed by atoms with Gasteiger partial charge in [-0.1, -0.05) is 0 Å². The Morgan fingerprint density at radius 2 is 1.67 bits per heavy atom. The molecule has 1 aliphatic rings. The van der Waals surface area contributed by atoms with Gasteiger partial charge in [-0.15, -0.1) is 0 Å². The molecule has 0 spiro atoms. The van der Waals surface area contributed by atoms with E-state index in [4.69, 9.17) is 15.2 Å². The Kier molecular flexibility index (Phi) is 3.23. The zero-order valence-corrected chi connectivity index (χ0v) is 11.4. The van der Waals surface area contributed by atoms with Crippen molar-refractivity contribution in [1.82, 2.24) is 0 Å². The monoisotopic (exact) mass is 253 g/mol. The maximum absolute atomic E-state index is 14.1. The molecule has 1 aromatic rings. The first-order valence-electron chi connectivity index (χ1n) is 6.12. The highest BCUT2D eigenvalue weighted by Gasteiger charge is 2.40. The fourth-order valence-electron chi connectivity index (χ4n) is 2.39. The summed E-state index contributed by atoms with van der Waals surface area (Å²) in [6, 6.07) is 0. The Morgan fingerprint density at radius 1 is 1.11 bits per heavy atom. The van der Waals surface area contributed by atoms with Gasteiger partial charge in [0, 0.05) is 22.2 Å². The molecule has 2 rings (SSSR count). The van der Waals surface area contributed by atoms with Gasteiger partial charge < -0.3 is 15.2 Å². The molecule has 1 fully saturated rings. The third-order valence-electron chi connectivity index (χ3n) is 3.77. The molecule has 18 heavy (non-hydrogen) atoms. The van der Waals surface area contributed by atoms with Crippen LogP contribution < -0.4 is 15.2 Å². The van der Waals surface area contributed by atoms with Crippen molar-refractivity contribution in [3.63, 3.8) is 0 Å². The van der Waals surface area contributed by atoms with Crippen LogP contribution in [0.2, 0.25) is 0 Å². The van der Waals surface area contributed by atoms with E-state index in [1.807, 2.05) is 6.92 Å². The highest BCUT2D eigenvalue weighted by atomic mass is 19.1. The van der Waals surface area contributed by atoms with Gasteiger partial charge in [-0.05, 0) is 33.1 Å². The SMILES string of the molecule is COc1c(C)c(CC2(N)CC2)c(OC)c(C)c1F. The fraction of sp³-hybridized carbons (Fsp3) is 0.571. The molecule has 1 aromatic carbocycles. The van der Waals surface area contributed by atoms with Gasteiger partial charge in [0.1, 0.15) is 5.75 Å². The lowest BCUT2D eigenvalue weighted by molar-refractivity contribution is 0.366. The summed E-state index contributed by atoms with van der Waals surface area (Å²) in [5.41, 5.74) is 8.25. The molecule has 0 bridgehead atoms. The van der Waals surface area contributed by atoms with E-state index in [1.165, 1.54) is 7.11 Å². The molecule has 0 radical (unpaired) electrons. The molecule has 2 N–H and O–H groups in total. The summed E-state index contributed by atoms with van der Waals surface area (Å²) < 4.78 is 24.6. The maximum Gasteiger partial charge on any atom is 0.171 e. The Bertz CT molecular complexity index is 481. The quantitative estimate of drug-likeness (QED) is 0.896. The molecule has 1 aliphatic carbocycles. The third kappa shape index (κ3) is 2.05. The van der Waals surface area contributed by atoms with Gasteiger partial charge in [-0.3, -0.25) is 0 Å². The lowest BCUT2D eigenvalue weighted by Gasteiger charge is -2.20. The van der Waals surface area contributed by atoms with Gasteiger partial charge in [-0.25, -0.2) is 4.39 Å². The van der Waals surface area contributed by atoms with E-state index in [-0.39, 0.29) is 11.4 Å². The normalized spacial score (nSPS) is 16.6. The van der Waals surface area contributed by atoms with Crippen LogP contribution in [0.3, 0.4) is 0 Å². The molecule has 4 heteroatoms. The van der Waals surface area contributed by atoms with Crippen molar-refractivity contribution in [3.8, 4) is 11.5 Å². The van der Waals surface area contributed by atoms with E-state index in [9.17, 15) is 4.39 Å². The molecule has 0 heterocycles. The second-order valence-electron chi connectivity index (χ2n) is 5.15. The van der Waals surface area contributed by atoms with Crippen molar-refractivity contribution in [2.45, 2.75) is 38.6 Å². The Balaban J connectivity index is 2.57. The topological polar surface area (TPSA) is 44.5 Å². The Morgan fingerprint density at radius 3 is 2.11 bits per heavy atom. The molecule has 0 aliphatic heterocycles. The minimum atomic E-state index is -0.350. The molecule has 0 aromatic heterocycles. The molecule has 0 atom stereocenters. The van der Waals surface area contributed by atoms with Crippen molar-refractivity contribution in [1.29, 1.82) is 0 Å². The number of benzene rings is 1. The second kappa shape index (κ2) is 4.43. The summed E-state index contributed by atoms with van der Waals surface area (Å²) >= 11 is 0. The van der Waals surface area contributed by atoms with E-state index in [1.54, 1.807) is 14.0 Å². The average molecular weight is 253 g/mol. The van der Waals surface area contributed by atoms with Crippen molar-refractivity contribution >= 4 is 0 Å². The first kappa shape index (κ1) is 13.1. The zero-order valence-electron chi connectivity index (χ0n) is 11.4. The predicted molar refractivity (Wildman–Crippen MR) is 68.8 cm³/mol. The second-order valence-corrected chi connectivity index (χ2v) is 5.15. The number of methoxy groups -OCH3 is 2. The molecule has 0 unspecified atom stereocenters. The van der Waals surface area contributed by atoms with Crippen LogP contribution >= 0.6 is 0 Å². The molecule has 3 nitrogen and oxygen atoms in total. The van der Waals surface area contributed by atoms with Gasteiger partial charge in [0.15, 0.2) is 11.6 Å². The van der Waals surface area contributed by atoms with E-state index in [0.717, 1.165) is 24.0 Å². The van der Waals surface area contributed by atoms with Crippen molar-refractivity contribution in [2.24, 2.45) is 5.73 Å². The maximum atomic E-state index is 14.1. The number of halogens is 1. The minimum Gasteiger partial charge on any atom is -0.496 e. The molecular weight excluding hydrogens is 233 g/mol. The highest BCUT2D eigenvalue weighted by Crippen LogP contribution is 2.43. The average Bonchev–Trinajstić information content (AvgIpc) is 3.05. The van der Waals surface area contributed by atoms with Crippen molar-refractivity contribution in [3.05, 3.63) is 22.5 Å². The summed E-state index contributed by atoms with van der Waals surface area (Å²) in [4.78, 5) is 0. The highest BCUT2D eigenvalue weighted by molar-refractivity contribution is 5.54. The van der Waals surface area contributed by atoms with E-state index < -0.39 is 0 Å². The summed E-state index contributed by atoms with van der Waals surface area (Å²) in [6.07, 6.45) is 2.72. The van der Waals surface area contributed by atoms with E-state index in [0.29, 0.717) is 23.5 Å². The van der Waals surface area contributed by atoms with Crippen LogP contribution in [0.4, 0.5) is 4.39 Å². The largest absolute Gasteiger partial charge is 0.496 e. The summed E-state index contributed by atoms with van der Waals surface area (Å²) in [6.45, 7) is 3.56. The molecule has 0 amide bonds. The number of rotatable bonds is 4. The van der Waals surface area contributed by atoms with Crippen LogP contribution in [-0.2, 0) is 6.42 Å². The Labute approximate surface area is 107 Å². The smallest absolute Gasteiger partial charge is 0.171 e. The molecule has 100 valence electrons. The summed E-state index contributed by atoms with van der Waals surface area (Å²) in [7, 11) is 3.05. The van der Waals surface area contributed by atoms with E-state index in [2.05, 4.69) is 0 Å². The van der Waals surface area contributed by atoms with Crippen molar-refractivity contribution < 1.29 is 13.9 Å². The summed E-state index contributed by atoms with van der Waals surface area (Å²) in [5.74, 6) is 0.549. The van der Waals surface area contributed by atoms with Gasteiger partial charge in [0.25, 0.3) is 0 Å². The van der Waals surface area contributed by atoms with Gasteiger partial charge in [0.05, 0.1) is 14.2 Å². The first-order valence-corrected chi connectivity index (χ1v) is 6.12. The number of hydrogen-bond acceptors (Lipinski definition) is 3. The number of nitrogens with two attached hydrogens (primary N) is 1. The predicted octanol–water partition coefficient (Wildman–Crippen LogP) is 2.49. The van der Waals surface area contributed by atoms with E-state index >= 15 is 0 Å². The third-order valence-corrected chi connectivity index (χ3v) is 3.77. The molecule has 1 saturated carbocycles. The van der Waals surface area contributed by atoms with Gasteiger partial charge >= 0.3 is 0 Å².